The molecule has 1 unspecified atom stereocenters. The predicted molar refractivity (Wildman–Crippen MR) is 78.9 cm³/mol. The fourth-order valence-corrected chi connectivity index (χ4v) is 3.43. The van der Waals surface area contributed by atoms with E-state index in [0.717, 1.165) is 11.3 Å². The molecule has 7 heteroatoms. The number of nitrogens with zero attached hydrogens (tertiary/aromatic N) is 2. The third-order valence-corrected chi connectivity index (χ3v) is 4.65. The highest BCUT2D eigenvalue weighted by molar-refractivity contribution is 7.73. The summed E-state index contributed by atoms with van der Waals surface area (Å²) in [7, 11) is -1.26. The molecule has 1 heterocycles. The minimum Gasteiger partial charge on any atom is -0.468 e. The Labute approximate surface area is 124 Å². The zero-order valence-electron chi connectivity index (χ0n) is 12.2. The topological polar surface area (TPSA) is 78.3 Å². The molecule has 0 spiro atoms. The molecule has 6 nitrogen and oxygen atoms in total. The normalized spacial score (nSPS) is 19.0. The SMILES string of the molecule is COC(=O)C1C(C)=C(C)C(n2ccnc2)=C(C)C1=S(=O)=O. The summed E-state index contributed by atoms with van der Waals surface area (Å²) in [6, 6.07) is 0. The van der Waals surface area contributed by atoms with Crippen molar-refractivity contribution in [3.63, 3.8) is 0 Å². The molecule has 0 saturated heterocycles. The highest BCUT2D eigenvalue weighted by Crippen LogP contribution is 2.35. The first kappa shape index (κ1) is 15.2. The van der Waals surface area contributed by atoms with Gasteiger partial charge in [-0.2, -0.15) is 8.42 Å². The van der Waals surface area contributed by atoms with Gasteiger partial charge >= 0.3 is 5.97 Å². The lowest BCUT2D eigenvalue weighted by atomic mass is 9.82. The molecular formula is C14H16N2O4S. The quantitative estimate of drug-likeness (QED) is 0.608. The monoisotopic (exact) mass is 308 g/mol. The first-order chi connectivity index (χ1) is 9.90. The van der Waals surface area contributed by atoms with Gasteiger partial charge in [0.15, 0.2) is 0 Å². The van der Waals surface area contributed by atoms with Gasteiger partial charge in [-0.05, 0) is 37.5 Å². The van der Waals surface area contributed by atoms with Gasteiger partial charge in [0.05, 0.1) is 24.0 Å². The van der Waals surface area contributed by atoms with E-state index in [1.54, 1.807) is 37.1 Å². The van der Waals surface area contributed by atoms with Crippen molar-refractivity contribution in [1.29, 1.82) is 0 Å². The van der Waals surface area contributed by atoms with Crippen molar-refractivity contribution < 1.29 is 17.9 Å². The van der Waals surface area contributed by atoms with Crippen LogP contribution in [-0.4, -0.2) is 35.9 Å². The summed E-state index contributed by atoms with van der Waals surface area (Å²) in [5.74, 6) is -1.46. The lowest BCUT2D eigenvalue weighted by Gasteiger charge is -2.27. The van der Waals surface area contributed by atoms with Crippen molar-refractivity contribution in [1.82, 2.24) is 9.55 Å². The largest absolute Gasteiger partial charge is 0.468 e. The van der Waals surface area contributed by atoms with Crippen LogP contribution in [-0.2, 0) is 19.8 Å². The number of carbonyl (C=O) groups excluding carboxylic acids is 1. The second kappa shape index (κ2) is 5.69. The van der Waals surface area contributed by atoms with E-state index in [1.165, 1.54) is 7.11 Å². The van der Waals surface area contributed by atoms with E-state index in [0.29, 0.717) is 11.1 Å². The molecule has 0 bridgehead atoms. The Morgan fingerprint density at radius 2 is 1.95 bits per heavy atom. The van der Waals surface area contributed by atoms with Gasteiger partial charge in [0.25, 0.3) is 0 Å². The van der Waals surface area contributed by atoms with Crippen molar-refractivity contribution in [3.05, 3.63) is 35.4 Å². The number of ether oxygens (including phenoxy) is 1. The predicted octanol–water partition coefficient (Wildman–Crippen LogP) is 1.30. The maximum Gasteiger partial charge on any atom is 0.318 e. The zero-order chi connectivity index (χ0) is 15.7. The molecule has 112 valence electrons. The Morgan fingerprint density at radius 1 is 1.29 bits per heavy atom. The lowest BCUT2D eigenvalue weighted by molar-refractivity contribution is -0.141. The molecular weight excluding hydrogens is 292 g/mol. The van der Waals surface area contributed by atoms with Gasteiger partial charge < -0.3 is 9.30 Å². The molecule has 0 radical (unpaired) electrons. The van der Waals surface area contributed by atoms with Gasteiger partial charge in [0.1, 0.15) is 5.92 Å². The van der Waals surface area contributed by atoms with E-state index in [2.05, 4.69) is 4.98 Å². The average Bonchev–Trinajstić information content (AvgIpc) is 2.95. The molecule has 1 aromatic heterocycles. The maximum absolute atomic E-state index is 12.0. The number of aromatic nitrogens is 2. The van der Waals surface area contributed by atoms with Crippen LogP contribution in [0.15, 0.2) is 35.4 Å². The van der Waals surface area contributed by atoms with Crippen molar-refractivity contribution in [3.8, 4) is 0 Å². The Balaban J connectivity index is 2.79. The van der Waals surface area contributed by atoms with Crippen LogP contribution in [0.4, 0.5) is 0 Å². The number of allylic oxidation sites excluding steroid dienone is 3. The summed E-state index contributed by atoms with van der Waals surface area (Å²) in [5.41, 5.74) is 2.76. The molecule has 2 rings (SSSR count). The number of esters is 1. The first-order valence-electron chi connectivity index (χ1n) is 6.31. The Kier molecular flexibility index (Phi) is 4.13. The van der Waals surface area contributed by atoms with Crippen LogP contribution >= 0.6 is 0 Å². The van der Waals surface area contributed by atoms with Crippen LogP contribution in [0.2, 0.25) is 0 Å². The fourth-order valence-electron chi connectivity index (χ4n) is 2.62. The maximum atomic E-state index is 12.0. The molecule has 21 heavy (non-hydrogen) atoms. The van der Waals surface area contributed by atoms with Gasteiger partial charge in [-0.15, -0.1) is 0 Å². The summed E-state index contributed by atoms with van der Waals surface area (Å²) in [6.45, 7) is 5.29. The van der Waals surface area contributed by atoms with Crippen LogP contribution in [0.1, 0.15) is 20.8 Å². The number of rotatable bonds is 2. The molecule has 0 aromatic carbocycles. The van der Waals surface area contributed by atoms with Gasteiger partial charge in [0.2, 0.25) is 10.3 Å². The van der Waals surface area contributed by atoms with Crippen LogP contribution in [0, 0.1) is 5.92 Å². The van der Waals surface area contributed by atoms with E-state index in [4.69, 9.17) is 4.74 Å². The smallest absolute Gasteiger partial charge is 0.318 e. The highest BCUT2D eigenvalue weighted by atomic mass is 32.2. The lowest BCUT2D eigenvalue weighted by Crippen LogP contribution is -2.32. The summed E-state index contributed by atoms with van der Waals surface area (Å²) < 4.78 is 29.8. The van der Waals surface area contributed by atoms with Crippen molar-refractivity contribution >= 4 is 26.8 Å². The van der Waals surface area contributed by atoms with Gasteiger partial charge in [-0.25, -0.2) is 4.98 Å². The van der Waals surface area contributed by atoms with Crippen molar-refractivity contribution in [2.24, 2.45) is 5.92 Å². The van der Waals surface area contributed by atoms with Crippen LogP contribution in [0.3, 0.4) is 0 Å². The standard InChI is InChI=1S/C14H16N2O4S/c1-8-9(2)12(16-6-5-15-7-16)10(3)13(21(18)19)11(8)14(17)20-4/h5-7,11H,1-4H3. The first-order valence-corrected chi connectivity index (χ1v) is 7.38. The Bertz CT molecular complexity index is 775. The van der Waals surface area contributed by atoms with Gasteiger partial charge in [-0.3, -0.25) is 4.79 Å². The third kappa shape index (κ3) is 2.44. The summed E-state index contributed by atoms with van der Waals surface area (Å²) in [4.78, 5) is 16.0. The van der Waals surface area contributed by atoms with E-state index < -0.39 is 22.2 Å². The van der Waals surface area contributed by atoms with E-state index in [-0.39, 0.29) is 4.86 Å². The molecule has 0 N–H and O–H groups in total. The summed E-state index contributed by atoms with van der Waals surface area (Å²) >= 11 is 0. The molecule has 0 saturated carbocycles. The average molecular weight is 308 g/mol. The number of imidazole rings is 1. The van der Waals surface area contributed by atoms with Gasteiger partial charge in [-0.1, -0.05) is 0 Å². The highest BCUT2D eigenvalue weighted by Gasteiger charge is 2.36. The second-order valence-electron chi connectivity index (χ2n) is 4.81. The molecule has 0 amide bonds. The molecule has 1 aromatic rings. The molecule has 1 aliphatic rings. The Hall–Kier alpha value is -2.15. The van der Waals surface area contributed by atoms with Crippen LogP contribution in [0.5, 0.6) is 0 Å². The van der Waals surface area contributed by atoms with Crippen molar-refractivity contribution in [2.75, 3.05) is 7.11 Å². The minimum absolute atomic E-state index is 0.0497. The van der Waals surface area contributed by atoms with Crippen molar-refractivity contribution in [2.45, 2.75) is 20.8 Å². The zero-order valence-corrected chi connectivity index (χ0v) is 13.1. The summed E-state index contributed by atoms with van der Waals surface area (Å²) in [5, 5.41) is 0. The molecule has 0 aliphatic heterocycles. The molecule has 0 fully saturated rings. The second-order valence-corrected chi connectivity index (χ2v) is 5.72. The Morgan fingerprint density at radius 3 is 2.43 bits per heavy atom. The van der Waals surface area contributed by atoms with E-state index in [1.807, 2.05) is 6.92 Å². The van der Waals surface area contributed by atoms with E-state index >= 15 is 0 Å². The molecule has 1 atom stereocenters. The number of methoxy groups -OCH3 is 1. The van der Waals surface area contributed by atoms with Crippen LogP contribution < -0.4 is 0 Å². The van der Waals surface area contributed by atoms with E-state index in [9.17, 15) is 13.2 Å². The van der Waals surface area contributed by atoms with Gasteiger partial charge in [0, 0.05) is 12.4 Å². The van der Waals surface area contributed by atoms with Crippen LogP contribution in [0.25, 0.3) is 5.70 Å². The minimum atomic E-state index is -2.51. The fraction of sp³-hybridized carbons (Fsp3) is 0.357. The third-order valence-electron chi connectivity index (χ3n) is 3.75. The number of hydrogen-bond donors (Lipinski definition) is 0. The summed E-state index contributed by atoms with van der Waals surface area (Å²) in [6.07, 6.45) is 4.95. The molecule has 1 aliphatic carbocycles. The number of hydrogen-bond acceptors (Lipinski definition) is 5. The number of carbonyl (C=O) groups is 1.